The Morgan fingerprint density at radius 1 is 1.36 bits per heavy atom. The molecule has 1 aliphatic carbocycles. The lowest BCUT2D eigenvalue weighted by molar-refractivity contribution is -0.130. The highest BCUT2D eigenvalue weighted by Gasteiger charge is 2.24. The SMILES string of the molecule is C=CCn1c(SCC(=O)N2CCC[C@@H](C)C2)nc2sc3c(c2c1=O)CCCC3. The highest BCUT2D eigenvalue weighted by molar-refractivity contribution is 7.99. The molecule has 1 atom stereocenters. The van der Waals surface area contributed by atoms with E-state index < -0.39 is 0 Å². The van der Waals surface area contributed by atoms with Crippen LogP contribution in [0.15, 0.2) is 22.6 Å². The summed E-state index contributed by atoms with van der Waals surface area (Å²) in [5.41, 5.74) is 1.22. The molecule has 0 aromatic carbocycles. The van der Waals surface area contributed by atoms with Crippen molar-refractivity contribution in [1.29, 1.82) is 0 Å². The van der Waals surface area contributed by atoms with Gasteiger partial charge in [-0.05, 0) is 50.0 Å². The molecular weight excluding hydrogens is 390 g/mol. The molecule has 0 spiro atoms. The van der Waals surface area contributed by atoms with Gasteiger partial charge in [0, 0.05) is 24.5 Å². The Morgan fingerprint density at radius 3 is 2.96 bits per heavy atom. The van der Waals surface area contributed by atoms with E-state index in [0.717, 1.165) is 49.0 Å². The highest BCUT2D eigenvalue weighted by Crippen LogP contribution is 2.34. The maximum Gasteiger partial charge on any atom is 0.263 e. The number of amides is 1. The first kappa shape index (κ1) is 19.7. The second kappa shape index (κ2) is 8.41. The lowest BCUT2D eigenvalue weighted by Crippen LogP contribution is -2.40. The molecule has 2 aromatic heterocycles. The van der Waals surface area contributed by atoms with E-state index in [2.05, 4.69) is 13.5 Å². The first-order chi connectivity index (χ1) is 13.6. The second-order valence-corrected chi connectivity index (χ2v) is 9.89. The molecule has 2 aromatic rings. The molecule has 4 rings (SSSR count). The van der Waals surface area contributed by atoms with Gasteiger partial charge in [-0.25, -0.2) is 4.98 Å². The zero-order chi connectivity index (χ0) is 19.7. The summed E-state index contributed by atoms with van der Waals surface area (Å²) in [6.45, 7) is 8.10. The number of aryl methyl sites for hydroxylation is 2. The second-order valence-electron chi connectivity index (χ2n) is 7.87. The topological polar surface area (TPSA) is 55.2 Å². The van der Waals surface area contributed by atoms with Gasteiger partial charge in [0.1, 0.15) is 4.83 Å². The number of likely N-dealkylation sites (tertiary alicyclic amines) is 1. The van der Waals surface area contributed by atoms with Crippen molar-refractivity contribution in [2.75, 3.05) is 18.8 Å². The summed E-state index contributed by atoms with van der Waals surface area (Å²) in [5, 5.41) is 1.43. The number of piperidine rings is 1. The first-order valence-electron chi connectivity index (χ1n) is 10.1. The summed E-state index contributed by atoms with van der Waals surface area (Å²) in [7, 11) is 0. The third kappa shape index (κ3) is 3.79. The van der Waals surface area contributed by atoms with Crippen LogP contribution in [0.1, 0.15) is 43.0 Å². The summed E-state index contributed by atoms with van der Waals surface area (Å²) >= 11 is 3.04. The van der Waals surface area contributed by atoms with E-state index >= 15 is 0 Å². The Bertz CT molecular complexity index is 963. The van der Waals surface area contributed by atoms with Crippen LogP contribution in [0.4, 0.5) is 0 Å². The number of thiophene rings is 1. The standard InChI is InChI=1S/C21H27N3O2S2/c1-3-10-24-20(26)18-15-8-4-5-9-16(15)28-19(18)22-21(24)27-13-17(25)23-11-6-7-14(2)12-23/h3,14H,1,4-13H2,2H3/t14-/m1/s1. The maximum atomic E-state index is 13.2. The summed E-state index contributed by atoms with van der Waals surface area (Å²) in [6, 6.07) is 0. The van der Waals surface area contributed by atoms with Crippen molar-refractivity contribution in [1.82, 2.24) is 14.5 Å². The molecule has 1 amide bonds. The number of hydrogen-bond donors (Lipinski definition) is 0. The normalized spacial score (nSPS) is 19.6. The molecule has 2 aliphatic rings. The van der Waals surface area contributed by atoms with E-state index in [0.29, 0.717) is 23.4 Å². The largest absolute Gasteiger partial charge is 0.342 e. The van der Waals surface area contributed by atoms with Crippen molar-refractivity contribution in [2.24, 2.45) is 5.92 Å². The molecule has 1 fully saturated rings. The number of rotatable bonds is 5. The molecule has 0 unspecified atom stereocenters. The minimum Gasteiger partial charge on any atom is -0.342 e. The molecule has 0 radical (unpaired) electrons. The zero-order valence-corrected chi connectivity index (χ0v) is 18.0. The van der Waals surface area contributed by atoms with Gasteiger partial charge in [0.05, 0.1) is 11.1 Å². The molecule has 3 heterocycles. The smallest absolute Gasteiger partial charge is 0.263 e. The molecule has 0 saturated carbocycles. The Hall–Kier alpha value is -1.60. The Kier molecular flexibility index (Phi) is 5.92. The van der Waals surface area contributed by atoms with Crippen molar-refractivity contribution in [3.8, 4) is 0 Å². The van der Waals surface area contributed by atoms with Gasteiger partial charge in [-0.3, -0.25) is 14.2 Å². The fourth-order valence-corrected chi connectivity index (χ4v) is 6.47. The van der Waals surface area contributed by atoms with Gasteiger partial charge in [-0.15, -0.1) is 17.9 Å². The van der Waals surface area contributed by atoms with Crippen molar-refractivity contribution in [3.05, 3.63) is 33.4 Å². The average Bonchev–Trinajstić information content (AvgIpc) is 3.07. The minimum absolute atomic E-state index is 0.0193. The average molecular weight is 418 g/mol. The fraction of sp³-hybridized carbons (Fsp3) is 0.571. The third-order valence-electron chi connectivity index (χ3n) is 5.69. The minimum atomic E-state index is 0.0193. The van der Waals surface area contributed by atoms with E-state index in [9.17, 15) is 9.59 Å². The molecule has 1 aliphatic heterocycles. The summed E-state index contributed by atoms with van der Waals surface area (Å²) < 4.78 is 1.69. The maximum absolute atomic E-state index is 13.2. The van der Waals surface area contributed by atoms with Gasteiger partial charge in [0.15, 0.2) is 5.16 Å². The van der Waals surface area contributed by atoms with Crippen LogP contribution >= 0.6 is 23.1 Å². The van der Waals surface area contributed by atoms with Crippen molar-refractivity contribution in [2.45, 2.75) is 57.1 Å². The Balaban J connectivity index is 1.62. The van der Waals surface area contributed by atoms with Crippen LogP contribution in [0.25, 0.3) is 10.2 Å². The lowest BCUT2D eigenvalue weighted by Gasteiger charge is -2.30. The molecule has 5 nitrogen and oxygen atoms in total. The van der Waals surface area contributed by atoms with Crippen molar-refractivity contribution >= 4 is 39.2 Å². The lowest BCUT2D eigenvalue weighted by atomic mass is 9.97. The quantitative estimate of drug-likeness (QED) is 0.421. The zero-order valence-electron chi connectivity index (χ0n) is 16.4. The van der Waals surface area contributed by atoms with E-state index in [1.54, 1.807) is 22.0 Å². The van der Waals surface area contributed by atoms with Crippen LogP contribution in [0.5, 0.6) is 0 Å². The van der Waals surface area contributed by atoms with Gasteiger partial charge in [-0.1, -0.05) is 24.8 Å². The van der Waals surface area contributed by atoms with E-state index in [-0.39, 0.29) is 11.5 Å². The molecule has 0 N–H and O–H groups in total. The summed E-state index contributed by atoms with van der Waals surface area (Å²) in [5.74, 6) is 1.03. The van der Waals surface area contributed by atoms with E-state index in [1.165, 1.54) is 35.0 Å². The molecule has 0 bridgehead atoms. The number of carbonyl (C=O) groups excluding carboxylic acids is 1. The van der Waals surface area contributed by atoms with Crippen LogP contribution < -0.4 is 5.56 Å². The van der Waals surface area contributed by atoms with Crippen LogP contribution in [-0.4, -0.2) is 39.2 Å². The van der Waals surface area contributed by atoms with Crippen molar-refractivity contribution < 1.29 is 4.79 Å². The van der Waals surface area contributed by atoms with Gasteiger partial charge in [-0.2, -0.15) is 0 Å². The van der Waals surface area contributed by atoms with Crippen LogP contribution in [0.3, 0.4) is 0 Å². The van der Waals surface area contributed by atoms with Gasteiger partial charge < -0.3 is 4.90 Å². The van der Waals surface area contributed by atoms with Crippen LogP contribution in [0.2, 0.25) is 0 Å². The fourth-order valence-electron chi connectivity index (χ4n) is 4.25. The van der Waals surface area contributed by atoms with Crippen molar-refractivity contribution in [3.63, 3.8) is 0 Å². The number of nitrogens with zero attached hydrogens (tertiary/aromatic N) is 3. The number of fused-ring (bicyclic) bond motifs is 3. The van der Waals surface area contributed by atoms with Gasteiger partial charge in [0.2, 0.25) is 5.91 Å². The predicted molar refractivity (Wildman–Crippen MR) is 116 cm³/mol. The summed E-state index contributed by atoms with van der Waals surface area (Å²) in [6.07, 6.45) is 8.33. The number of hydrogen-bond acceptors (Lipinski definition) is 5. The third-order valence-corrected chi connectivity index (χ3v) is 7.83. The molecule has 1 saturated heterocycles. The van der Waals surface area contributed by atoms with E-state index in [1.807, 2.05) is 4.90 Å². The van der Waals surface area contributed by atoms with E-state index in [4.69, 9.17) is 4.98 Å². The monoisotopic (exact) mass is 417 g/mol. The van der Waals surface area contributed by atoms with Crippen LogP contribution in [-0.2, 0) is 24.2 Å². The van der Waals surface area contributed by atoms with Crippen LogP contribution in [0, 0.1) is 5.92 Å². The first-order valence-corrected chi connectivity index (χ1v) is 11.9. The number of carbonyl (C=O) groups is 1. The molecule has 28 heavy (non-hydrogen) atoms. The Labute approximate surface area is 173 Å². The molecule has 7 heteroatoms. The predicted octanol–water partition coefficient (Wildman–Crippen LogP) is 3.87. The van der Waals surface area contributed by atoms with Gasteiger partial charge >= 0.3 is 0 Å². The Morgan fingerprint density at radius 2 is 2.18 bits per heavy atom. The number of aromatic nitrogens is 2. The van der Waals surface area contributed by atoms with Gasteiger partial charge in [0.25, 0.3) is 5.56 Å². The molecule has 150 valence electrons. The molecular formula is C21H27N3O2S2. The number of thioether (sulfide) groups is 1. The number of allylic oxidation sites excluding steroid dienone is 1. The summed E-state index contributed by atoms with van der Waals surface area (Å²) in [4.78, 5) is 34.8. The highest BCUT2D eigenvalue weighted by atomic mass is 32.2.